The molecule has 6 heteroatoms. The number of aromatic amines is 1. The lowest BCUT2D eigenvalue weighted by atomic mass is 10.0. The van der Waals surface area contributed by atoms with Crippen LogP contribution in [0.2, 0.25) is 0 Å². The van der Waals surface area contributed by atoms with Gasteiger partial charge in [-0.3, -0.25) is 9.48 Å². The van der Waals surface area contributed by atoms with Crippen LogP contribution in [0.15, 0.2) is 36.7 Å². The lowest BCUT2D eigenvalue weighted by Crippen LogP contribution is -2.38. The van der Waals surface area contributed by atoms with Crippen molar-refractivity contribution < 1.29 is 4.79 Å². The van der Waals surface area contributed by atoms with Crippen molar-refractivity contribution in [2.45, 2.75) is 45.2 Å². The molecule has 2 aromatic heterocycles. The second-order valence-electron chi connectivity index (χ2n) is 6.95. The second kappa shape index (κ2) is 6.35. The highest BCUT2D eigenvalue weighted by Crippen LogP contribution is 2.31. The van der Waals surface area contributed by atoms with Crippen molar-refractivity contribution in [3.05, 3.63) is 48.0 Å². The molecule has 0 unspecified atom stereocenters. The molecule has 1 aliphatic heterocycles. The van der Waals surface area contributed by atoms with Crippen molar-refractivity contribution in [2.24, 2.45) is 0 Å². The zero-order valence-corrected chi connectivity index (χ0v) is 14.6. The predicted octanol–water partition coefficient (Wildman–Crippen LogP) is 3.71. The number of carbonyl (C=O) groups is 1. The molecule has 1 amide bonds. The summed E-state index contributed by atoms with van der Waals surface area (Å²) >= 11 is 0. The molecule has 0 radical (unpaired) electrons. The lowest BCUT2D eigenvalue weighted by molar-refractivity contribution is 0.0601. The molecule has 4 rings (SSSR count). The maximum absolute atomic E-state index is 13.1. The van der Waals surface area contributed by atoms with Gasteiger partial charge in [0.2, 0.25) is 0 Å². The van der Waals surface area contributed by atoms with Gasteiger partial charge in [0.15, 0.2) is 0 Å². The molecule has 3 aromatic rings. The predicted molar refractivity (Wildman–Crippen MR) is 96.3 cm³/mol. The van der Waals surface area contributed by atoms with E-state index < -0.39 is 0 Å². The Kier molecular flexibility index (Phi) is 4.03. The fourth-order valence-corrected chi connectivity index (χ4v) is 3.49. The van der Waals surface area contributed by atoms with E-state index in [0.29, 0.717) is 5.56 Å². The van der Waals surface area contributed by atoms with Gasteiger partial charge < -0.3 is 9.88 Å². The van der Waals surface area contributed by atoms with Crippen LogP contribution in [0.3, 0.4) is 0 Å². The van der Waals surface area contributed by atoms with Gasteiger partial charge in [0, 0.05) is 18.8 Å². The summed E-state index contributed by atoms with van der Waals surface area (Å²) in [5.41, 5.74) is 2.61. The molecule has 1 aliphatic rings. The monoisotopic (exact) mass is 337 g/mol. The first-order valence-corrected chi connectivity index (χ1v) is 8.93. The van der Waals surface area contributed by atoms with Crippen molar-refractivity contribution >= 4 is 16.9 Å². The molecule has 0 bridgehead atoms. The van der Waals surface area contributed by atoms with E-state index in [1.165, 1.54) is 0 Å². The van der Waals surface area contributed by atoms with Gasteiger partial charge in [0.1, 0.15) is 5.82 Å². The third-order valence-electron chi connectivity index (χ3n) is 4.86. The Bertz CT molecular complexity index is 861. The Labute approximate surface area is 146 Å². The van der Waals surface area contributed by atoms with Gasteiger partial charge in [-0.1, -0.05) is 12.1 Å². The van der Waals surface area contributed by atoms with Crippen LogP contribution in [-0.4, -0.2) is 37.1 Å². The Hall–Kier alpha value is -2.63. The third kappa shape index (κ3) is 2.92. The number of nitrogens with zero attached hydrogens (tertiary/aromatic N) is 4. The van der Waals surface area contributed by atoms with Crippen molar-refractivity contribution in [2.75, 3.05) is 6.54 Å². The van der Waals surface area contributed by atoms with Gasteiger partial charge in [0.05, 0.1) is 28.8 Å². The largest absolute Gasteiger partial charge is 0.340 e. The summed E-state index contributed by atoms with van der Waals surface area (Å²) in [7, 11) is 0. The van der Waals surface area contributed by atoms with Gasteiger partial charge in [-0.05, 0) is 45.2 Å². The summed E-state index contributed by atoms with van der Waals surface area (Å²) in [5.74, 6) is 0.919. The second-order valence-corrected chi connectivity index (χ2v) is 6.95. The molecule has 1 atom stereocenters. The molecule has 1 fully saturated rings. The number of para-hydroxylation sites is 2. The van der Waals surface area contributed by atoms with Gasteiger partial charge in [0.25, 0.3) is 5.91 Å². The highest BCUT2D eigenvalue weighted by Gasteiger charge is 2.31. The standard InChI is InChI=1S/C19H23N5O/c1-13(2)24-12-14(11-20-24)19(25)23-10-6-5-9-17(23)18-21-15-7-3-4-8-16(15)22-18/h3-4,7-8,11-13,17H,5-6,9-10H2,1-2H3,(H,21,22)/t17-/m0/s1. The molecule has 1 saturated heterocycles. The van der Waals surface area contributed by atoms with E-state index in [1.807, 2.05) is 40.0 Å². The molecule has 0 spiro atoms. The van der Waals surface area contributed by atoms with E-state index in [0.717, 1.165) is 42.7 Å². The summed E-state index contributed by atoms with van der Waals surface area (Å²) in [5, 5.41) is 4.31. The van der Waals surface area contributed by atoms with Crippen LogP contribution >= 0.6 is 0 Å². The van der Waals surface area contributed by atoms with Crippen molar-refractivity contribution in [3.63, 3.8) is 0 Å². The first-order chi connectivity index (χ1) is 12.1. The fraction of sp³-hybridized carbons (Fsp3) is 0.421. The van der Waals surface area contributed by atoms with E-state index in [1.54, 1.807) is 6.20 Å². The SMILES string of the molecule is CC(C)n1cc(C(=O)N2CCCC[C@H]2c2nc3ccccc3[nH]2)cn1. The van der Waals surface area contributed by atoms with Crippen molar-refractivity contribution in [1.29, 1.82) is 0 Å². The molecule has 1 N–H and O–H groups in total. The number of benzene rings is 1. The highest BCUT2D eigenvalue weighted by atomic mass is 16.2. The molecule has 0 saturated carbocycles. The fourth-order valence-electron chi connectivity index (χ4n) is 3.49. The molecule has 3 heterocycles. The smallest absolute Gasteiger partial charge is 0.257 e. The number of aromatic nitrogens is 4. The number of hydrogen-bond donors (Lipinski definition) is 1. The number of amides is 1. The highest BCUT2D eigenvalue weighted by molar-refractivity contribution is 5.94. The van der Waals surface area contributed by atoms with E-state index in [2.05, 4.69) is 23.9 Å². The van der Waals surface area contributed by atoms with Gasteiger partial charge in [-0.15, -0.1) is 0 Å². The van der Waals surface area contributed by atoms with Crippen LogP contribution in [0.1, 0.15) is 61.4 Å². The number of carbonyl (C=O) groups excluding carboxylic acids is 1. The summed E-state index contributed by atoms with van der Waals surface area (Å²) < 4.78 is 1.83. The number of nitrogens with one attached hydrogen (secondary N) is 1. The zero-order chi connectivity index (χ0) is 17.4. The summed E-state index contributed by atoms with van der Waals surface area (Å²) in [6.07, 6.45) is 6.59. The van der Waals surface area contributed by atoms with Gasteiger partial charge in [-0.2, -0.15) is 5.10 Å². The number of imidazole rings is 1. The molecule has 0 aliphatic carbocycles. The third-order valence-corrected chi connectivity index (χ3v) is 4.86. The minimum absolute atomic E-state index is 0.00366. The molecule has 1 aromatic carbocycles. The van der Waals surface area contributed by atoms with Crippen LogP contribution in [0.4, 0.5) is 0 Å². The van der Waals surface area contributed by atoms with Gasteiger partial charge >= 0.3 is 0 Å². The lowest BCUT2D eigenvalue weighted by Gasteiger charge is -2.34. The Balaban J connectivity index is 1.64. The van der Waals surface area contributed by atoms with Crippen LogP contribution in [0.5, 0.6) is 0 Å². The molecular weight excluding hydrogens is 314 g/mol. The average molecular weight is 337 g/mol. The topological polar surface area (TPSA) is 66.8 Å². The average Bonchev–Trinajstić information content (AvgIpc) is 3.28. The minimum Gasteiger partial charge on any atom is -0.340 e. The normalized spacial score (nSPS) is 18.2. The number of likely N-dealkylation sites (tertiary alicyclic amines) is 1. The Morgan fingerprint density at radius 3 is 2.88 bits per heavy atom. The maximum Gasteiger partial charge on any atom is 0.257 e. The van der Waals surface area contributed by atoms with Crippen LogP contribution in [0.25, 0.3) is 11.0 Å². The molecule has 25 heavy (non-hydrogen) atoms. The Morgan fingerprint density at radius 2 is 2.12 bits per heavy atom. The molecule has 130 valence electrons. The number of H-pyrrole nitrogens is 1. The van der Waals surface area contributed by atoms with Crippen LogP contribution in [0, 0.1) is 0 Å². The summed E-state index contributed by atoms with van der Waals surface area (Å²) in [6, 6.07) is 8.24. The van der Waals surface area contributed by atoms with Gasteiger partial charge in [-0.25, -0.2) is 4.98 Å². The van der Waals surface area contributed by atoms with E-state index >= 15 is 0 Å². The van der Waals surface area contributed by atoms with E-state index in [4.69, 9.17) is 4.98 Å². The molecular formula is C19H23N5O. The first-order valence-electron chi connectivity index (χ1n) is 8.93. The number of hydrogen-bond acceptors (Lipinski definition) is 3. The molecule has 6 nitrogen and oxygen atoms in total. The van der Waals surface area contributed by atoms with Crippen LogP contribution in [-0.2, 0) is 0 Å². The zero-order valence-electron chi connectivity index (χ0n) is 14.6. The first kappa shape index (κ1) is 15.9. The number of fused-ring (bicyclic) bond motifs is 1. The van der Waals surface area contributed by atoms with E-state index in [-0.39, 0.29) is 18.0 Å². The van der Waals surface area contributed by atoms with Crippen molar-refractivity contribution in [3.8, 4) is 0 Å². The number of rotatable bonds is 3. The summed E-state index contributed by atoms with van der Waals surface area (Å²) in [6.45, 7) is 4.87. The maximum atomic E-state index is 13.1. The Morgan fingerprint density at radius 1 is 1.28 bits per heavy atom. The van der Waals surface area contributed by atoms with E-state index in [9.17, 15) is 4.79 Å². The number of piperidine rings is 1. The minimum atomic E-state index is -0.00366. The van der Waals surface area contributed by atoms with Crippen LogP contribution < -0.4 is 0 Å². The summed E-state index contributed by atoms with van der Waals surface area (Å²) in [4.78, 5) is 23.1. The quantitative estimate of drug-likeness (QED) is 0.792. The van der Waals surface area contributed by atoms with Crippen molar-refractivity contribution in [1.82, 2.24) is 24.6 Å².